The summed E-state index contributed by atoms with van der Waals surface area (Å²) in [6.07, 6.45) is 4.30. The van der Waals surface area contributed by atoms with Gasteiger partial charge in [-0.2, -0.15) is 5.10 Å². The molecule has 1 aromatic carbocycles. The van der Waals surface area contributed by atoms with E-state index in [0.717, 1.165) is 12.0 Å². The first-order valence-electron chi connectivity index (χ1n) is 6.63. The van der Waals surface area contributed by atoms with E-state index in [4.69, 9.17) is 4.74 Å². The summed E-state index contributed by atoms with van der Waals surface area (Å²) in [6, 6.07) is 8.14. The first-order valence-corrected chi connectivity index (χ1v) is 6.63. The first-order chi connectivity index (χ1) is 9.74. The Kier molecular flexibility index (Phi) is 3.50. The summed E-state index contributed by atoms with van der Waals surface area (Å²) in [4.78, 5) is 11.9. The number of aromatic nitrogens is 2. The summed E-state index contributed by atoms with van der Waals surface area (Å²) in [7, 11) is 0. The molecule has 2 unspecified atom stereocenters. The van der Waals surface area contributed by atoms with Gasteiger partial charge in [-0.15, -0.1) is 0 Å². The predicted molar refractivity (Wildman–Crippen MR) is 70.4 cm³/mol. The lowest BCUT2D eigenvalue weighted by Crippen LogP contribution is -2.13. The highest BCUT2D eigenvalue weighted by atomic mass is 19.1. The van der Waals surface area contributed by atoms with Crippen molar-refractivity contribution in [2.75, 3.05) is 6.61 Å². The van der Waals surface area contributed by atoms with Crippen LogP contribution in [-0.4, -0.2) is 22.4 Å². The molecular weight excluding hydrogens is 259 g/mol. The molecule has 0 aliphatic heterocycles. The maximum absolute atomic E-state index is 12.8. The van der Waals surface area contributed by atoms with Crippen molar-refractivity contribution in [2.24, 2.45) is 5.92 Å². The molecule has 1 aliphatic carbocycles. The Morgan fingerprint density at radius 2 is 2.20 bits per heavy atom. The van der Waals surface area contributed by atoms with E-state index >= 15 is 0 Å². The molecule has 0 radical (unpaired) electrons. The second-order valence-corrected chi connectivity index (χ2v) is 4.94. The molecule has 2 aromatic rings. The van der Waals surface area contributed by atoms with Gasteiger partial charge in [-0.1, -0.05) is 12.1 Å². The smallest absolute Gasteiger partial charge is 0.309 e. The third-order valence-corrected chi connectivity index (χ3v) is 3.52. The summed E-state index contributed by atoms with van der Waals surface area (Å²) in [6.45, 7) is 0.889. The molecule has 0 amide bonds. The van der Waals surface area contributed by atoms with E-state index in [2.05, 4.69) is 5.10 Å². The minimum atomic E-state index is -0.257. The van der Waals surface area contributed by atoms with E-state index in [1.807, 2.05) is 12.3 Å². The van der Waals surface area contributed by atoms with Crippen molar-refractivity contribution in [3.05, 3.63) is 54.1 Å². The molecule has 1 aliphatic rings. The molecule has 1 heterocycles. The van der Waals surface area contributed by atoms with Gasteiger partial charge in [-0.3, -0.25) is 9.48 Å². The Labute approximate surface area is 116 Å². The Balaban J connectivity index is 1.46. The lowest BCUT2D eigenvalue weighted by atomic mass is 10.1. The van der Waals surface area contributed by atoms with Crippen LogP contribution >= 0.6 is 0 Å². The number of hydrogen-bond donors (Lipinski definition) is 0. The van der Waals surface area contributed by atoms with Gasteiger partial charge >= 0.3 is 5.97 Å². The predicted octanol–water partition coefficient (Wildman–Crippen LogP) is 2.37. The molecule has 1 saturated carbocycles. The fourth-order valence-corrected chi connectivity index (χ4v) is 2.31. The van der Waals surface area contributed by atoms with Crippen molar-refractivity contribution in [3.63, 3.8) is 0 Å². The lowest BCUT2D eigenvalue weighted by Gasteiger charge is -2.05. The molecule has 104 valence electrons. The van der Waals surface area contributed by atoms with Gasteiger partial charge < -0.3 is 4.74 Å². The highest BCUT2D eigenvalue weighted by Gasteiger charge is 2.45. The van der Waals surface area contributed by atoms with Crippen LogP contribution in [0.1, 0.15) is 17.9 Å². The molecule has 2 atom stereocenters. The Morgan fingerprint density at radius 1 is 1.40 bits per heavy atom. The summed E-state index contributed by atoms with van der Waals surface area (Å²) in [5.74, 6) is -0.342. The number of carbonyl (C=O) groups is 1. The third-order valence-electron chi connectivity index (χ3n) is 3.52. The number of benzene rings is 1. The fourth-order valence-electron chi connectivity index (χ4n) is 2.31. The van der Waals surface area contributed by atoms with Crippen molar-refractivity contribution >= 4 is 5.97 Å². The minimum Gasteiger partial charge on any atom is -0.463 e. The van der Waals surface area contributed by atoms with Gasteiger partial charge in [0.15, 0.2) is 0 Å². The summed E-state index contributed by atoms with van der Waals surface area (Å²) >= 11 is 0. The van der Waals surface area contributed by atoms with Crippen LogP contribution in [0.2, 0.25) is 0 Å². The van der Waals surface area contributed by atoms with Crippen LogP contribution in [0, 0.1) is 11.7 Å². The van der Waals surface area contributed by atoms with Gasteiger partial charge in [-0.05, 0) is 36.1 Å². The fraction of sp³-hybridized carbons (Fsp3) is 0.333. The van der Waals surface area contributed by atoms with Gasteiger partial charge in [0.05, 0.1) is 12.5 Å². The van der Waals surface area contributed by atoms with Crippen molar-refractivity contribution < 1.29 is 13.9 Å². The molecule has 3 rings (SSSR count). The molecular formula is C15H15FN2O2. The summed E-state index contributed by atoms with van der Waals surface area (Å²) < 4.78 is 19.8. The second-order valence-electron chi connectivity index (χ2n) is 4.94. The maximum atomic E-state index is 12.8. The van der Waals surface area contributed by atoms with Crippen LogP contribution in [-0.2, 0) is 16.1 Å². The highest BCUT2D eigenvalue weighted by molar-refractivity contribution is 5.77. The van der Waals surface area contributed by atoms with Crippen molar-refractivity contribution in [3.8, 4) is 0 Å². The van der Waals surface area contributed by atoms with Crippen LogP contribution < -0.4 is 0 Å². The average molecular weight is 274 g/mol. The van der Waals surface area contributed by atoms with Crippen molar-refractivity contribution in [1.82, 2.24) is 9.78 Å². The quantitative estimate of drug-likeness (QED) is 0.786. The monoisotopic (exact) mass is 274 g/mol. The lowest BCUT2D eigenvalue weighted by molar-refractivity contribution is -0.145. The van der Waals surface area contributed by atoms with Crippen molar-refractivity contribution in [2.45, 2.75) is 18.9 Å². The second kappa shape index (κ2) is 5.45. The van der Waals surface area contributed by atoms with Gasteiger partial charge in [0.1, 0.15) is 12.4 Å². The van der Waals surface area contributed by atoms with Gasteiger partial charge in [0.25, 0.3) is 0 Å². The molecule has 0 bridgehead atoms. The number of ether oxygens (including phenoxy) is 1. The van der Waals surface area contributed by atoms with Crippen LogP contribution in [0.25, 0.3) is 0 Å². The highest BCUT2D eigenvalue weighted by Crippen LogP contribution is 2.48. The number of nitrogens with zero attached hydrogens (tertiary/aromatic N) is 2. The molecule has 20 heavy (non-hydrogen) atoms. The Morgan fingerprint density at radius 3 is 2.90 bits per heavy atom. The normalized spacial score (nSPS) is 20.6. The van der Waals surface area contributed by atoms with Gasteiger partial charge in [-0.25, -0.2) is 4.39 Å². The van der Waals surface area contributed by atoms with Crippen LogP contribution in [0.15, 0.2) is 42.7 Å². The standard InChI is InChI=1S/C15H15FN2O2/c16-12-4-2-11(3-5-12)13-10-14(13)15(19)20-9-8-18-7-1-6-17-18/h1-7,13-14H,8-10H2. The number of rotatable bonds is 5. The van der Waals surface area contributed by atoms with Crippen molar-refractivity contribution in [1.29, 1.82) is 0 Å². The molecule has 5 heteroatoms. The maximum Gasteiger partial charge on any atom is 0.309 e. The van der Waals surface area contributed by atoms with Gasteiger partial charge in [0.2, 0.25) is 0 Å². The van der Waals surface area contributed by atoms with Crippen LogP contribution in [0.3, 0.4) is 0 Å². The topological polar surface area (TPSA) is 44.1 Å². The number of halogens is 1. The number of hydrogen-bond acceptors (Lipinski definition) is 3. The molecule has 4 nitrogen and oxygen atoms in total. The first kappa shape index (κ1) is 12.8. The molecule has 0 saturated heterocycles. The van der Waals surface area contributed by atoms with Gasteiger partial charge in [0, 0.05) is 12.4 Å². The zero-order valence-corrected chi connectivity index (χ0v) is 10.9. The van der Waals surface area contributed by atoms with E-state index in [1.165, 1.54) is 12.1 Å². The van der Waals surface area contributed by atoms with E-state index in [0.29, 0.717) is 13.2 Å². The largest absolute Gasteiger partial charge is 0.463 e. The van der Waals surface area contributed by atoms with E-state index in [9.17, 15) is 9.18 Å². The zero-order chi connectivity index (χ0) is 13.9. The SMILES string of the molecule is O=C(OCCn1cccn1)C1CC1c1ccc(F)cc1. The molecule has 1 fully saturated rings. The van der Waals surface area contributed by atoms with E-state index in [1.54, 1.807) is 23.0 Å². The zero-order valence-electron chi connectivity index (χ0n) is 10.9. The molecule has 0 spiro atoms. The minimum absolute atomic E-state index is 0.0851. The third kappa shape index (κ3) is 2.87. The summed E-state index contributed by atoms with van der Waals surface area (Å²) in [5, 5.41) is 4.03. The number of esters is 1. The Hall–Kier alpha value is -2.17. The van der Waals surface area contributed by atoms with Crippen LogP contribution in [0.5, 0.6) is 0 Å². The van der Waals surface area contributed by atoms with E-state index < -0.39 is 0 Å². The summed E-state index contributed by atoms with van der Waals surface area (Å²) in [5.41, 5.74) is 1.00. The number of carbonyl (C=O) groups excluding carboxylic acids is 1. The molecule has 0 N–H and O–H groups in total. The Bertz CT molecular complexity index is 580. The van der Waals surface area contributed by atoms with E-state index in [-0.39, 0.29) is 23.6 Å². The van der Waals surface area contributed by atoms with Crippen LogP contribution in [0.4, 0.5) is 4.39 Å². The molecule has 1 aromatic heterocycles. The average Bonchev–Trinajstić information content (AvgIpc) is 3.08.